The molecule has 1 fully saturated rings. The summed E-state index contributed by atoms with van der Waals surface area (Å²) in [5, 5.41) is 14.1. The minimum Gasteiger partial charge on any atom is -0.481 e. The minimum absolute atomic E-state index is 0.0740. The zero-order valence-electron chi connectivity index (χ0n) is 10.7. The largest absolute Gasteiger partial charge is 0.481 e. The maximum atomic E-state index is 11.9. The Labute approximate surface area is 106 Å². The fraction of sp³-hybridized carbons (Fsp3) is 0.727. The lowest BCUT2D eigenvalue weighted by atomic mass is 10.0. The number of aliphatic carboxylic acids is 1. The molecular formula is C11H19N3O4. The van der Waals surface area contributed by atoms with E-state index < -0.39 is 11.5 Å². The molecule has 18 heavy (non-hydrogen) atoms. The smallest absolute Gasteiger partial charge is 0.317 e. The van der Waals surface area contributed by atoms with Crippen molar-refractivity contribution in [3.63, 3.8) is 0 Å². The van der Waals surface area contributed by atoms with Gasteiger partial charge >= 0.3 is 12.0 Å². The molecule has 0 aromatic heterocycles. The molecule has 3 amide bonds. The second-order valence-corrected chi connectivity index (χ2v) is 4.97. The first-order chi connectivity index (χ1) is 8.30. The molecule has 0 bridgehead atoms. The summed E-state index contributed by atoms with van der Waals surface area (Å²) >= 11 is 0. The van der Waals surface area contributed by atoms with Crippen LogP contribution in [0.2, 0.25) is 0 Å². The first kappa shape index (κ1) is 14.3. The monoisotopic (exact) mass is 257 g/mol. The molecule has 102 valence electrons. The third-order valence-corrected chi connectivity index (χ3v) is 2.64. The third-order valence-electron chi connectivity index (χ3n) is 2.64. The number of carbonyl (C=O) groups excluding carboxylic acids is 2. The number of carboxylic acid groups (broad SMARTS) is 1. The quantitative estimate of drug-likeness (QED) is 0.650. The number of amides is 3. The Morgan fingerprint density at radius 1 is 1.44 bits per heavy atom. The van der Waals surface area contributed by atoms with Crippen molar-refractivity contribution >= 4 is 17.9 Å². The fourth-order valence-electron chi connectivity index (χ4n) is 1.76. The summed E-state index contributed by atoms with van der Waals surface area (Å²) in [5.74, 6) is -1.04. The summed E-state index contributed by atoms with van der Waals surface area (Å²) in [4.78, 5) is 35.2. The molecule has 0 radical (unpaired) electrons. The molecule has 7 nitrogen and oxygen atoms in total. The van der Waals surface area contributed by atoms with E-state index in [1.165, 1.54) is 4.90 Å². The van der Waals surface area contributed by atoms with Gasteiger partial charge in [0.2, 0.25) is 5.91 Å². The van der Waals surface area contributed by atoms with Gasteiger partial charge in [0.05, 0.1) is 6.42 Å². The van der Waals surface area contributed by atoms with E-state index in [1.54, 1.807) is 13.8 Å². The number of nitrogens with zero attached hydrogens (tertiary/aromatic N) is 1. The Morgan fingerprint density at radius 3 is 2.72 bits per heavy atom. The molecule has 1 aliphatic heterocycles. The van der Waals surface area contributed by atoms with Crippen molar-refractivity contribution in [2.75, 3.05) is 19.6 Å². The van der Waals surface area contributed by atoms with Crippen molar-refractivity contribution in [3.8, 4) is 0 Å². The van der Waals surface area contributed by atoms with Gasteiger partial charge in [0.15, 0.2) is 0 Å². The second-order valence-electron chi connectivity index (χ2n) is 4.97. The van der Waals surface area contributed by atoms with Gasteiger partial charge in [-0.15, -0.1) is 0 Å². The molecule has 1 rings (SSSR count). The van der Waals surface area contributed by atoms with Crippen LogP contribution in [0.5, 0.6) is 0 Å². The van der Waals surface area contributed by atoms with Gasteiger partial charge in [-0.3, -0.25) is 9.59 Å². The molecule has 0 aliphatic carbocycles. The normalized spacial score (nSPS) is 16.8. The number of carboxylic acids is 1. The van der Waals surface area contributed by atoms with Crippen molar-refractivity contribution in [1.29, 1.82) is 0 Å². The van der Waals surface area contributed by atoms with Crippen LogP contribution in [0, 0.1) is 0 Å². The molecule has 0 spiro atoms. The van der Waals surface area contributed by atoms with Crippen molar-refractivity contribution in [3.05, 3.63) is 0 Å². The Balaban J connectivity index is 2.53. The molecule has 1 aliphatic rings. The van der Waals surface area contributed by atoms with Crippen LogP contribution in [0.1, 0.15) is 26.7 Å². The van der Waals surface area contributed by atoms with E-state index in [2.05, 4.69) is 10.6 Å². The van der Waals surface area contributed by atoms with Crippen LogP contribution in [0.3, 0.4) is 0 Å². The maximum Gasteiger partial charge on any atom is 0.317 e. The third kappa shape index (κ3) is 4.60. The van der Waals surface area contributed by atoms with Gasteiger partial charge in [-0.2, -0.15) is 0 Å². The predicted octanol–water partition coefficient (Wildman–Crippen LogP) is -0.229. The average Bonchev–Trinajstić information content (AvgIpc) is 2.39. The first-order valence-electron chi connectivity index (χ1n) is 5.86. The number of hydrogen-bond donors (Lipinski definition) is 3. The van der Waals surface area contributed by atoms with Crippen LogP contribution in [0.15, 0.2) is 0 Å². The molecule has 0 aromatic carbocycles. The molecule has 0 atom stereocenters. The van der Waals surface area contributed by atoms with Crippen molar-refractivity contribution in [2.45, 2.75) is 32.2 Å². The van der Waals surface area contributed by atoms with Crippen LogP contribution >= 0.6 is 0 Å². The van der Waals surface area contributed by atoms with E-state index in [1.807, 2.05) is 0 Å². The average molecular weight is 257 g/mol. The zero-order valence-corrected chi connectivity index (χ0v) is 10.7. The van der Waals surface area contributed by atoms with E-state index in [9.17, 15) is 14.4 Å². The van der Waals surface area contributed by atoms with Gasteiger partial charge in [-0.05, 0) is 13.8 Å². The standard InChI is InChI=1S/C11H19N3O4/c1-11(2,7-9(16)17)13-10(18)14-5-3-8(15)12-4-6-14/h3-7H2,1-2H3,(H,12,15)(H,13,18)(H,16,17). The molecule has 0 unspecified atom stereocenters. The van der Waals surface area contributed by atoms with Gasteiger partial charge < -0.3 is 20.6 Å². The molecular weight excluding hydrogens is 238 g/mol. The zero-order chi connectivity index (χ0) is 13.8. The molecule has 7 heteroatoms. The summed E-state index contributed by atoms with van der Waals surface area (Å²) in [6.45, 7) is 4.51. The highest BCUT2D eigenvalue weighted by Gasteiger charge is 2.27. The molecule has 0 aromatic rings. The number of rotatable bonds is 3. The van der Waals surface area contributed by atoms with E-state index in [0.29, 0.717) is 19.6 Å². The maximum absolute atomic E-state index is 11.9. The topological polar surface area (TPSA) is 98.7 Å². The lowest BCUT2D eigenvalue weighted by molar-refractivity contribution is -0.138. The van der Waals surface area contributed by atoms with Gasteiger partial charge in [-0.1, -0.05) is 0 Å². The summed E-state index contributed by atoms with van der Waals surface area (Å²) < 4.78 is 0. The Kier molecular flexibility index (Phi) is 4.52. The number of nitrogens with one attached hydrogen (secondary N) is 2. The number of carbonyl (C=O) groups is 3. The predicted molar refractivity (Wildman–Crippen MR) is 64.1 cm³/mol. The van der Waals surface area contributed by atoms with E-state index in [4.69, 9.17) is 5.11 Å². The highest BCUT2D eigenvalue weighted by molar-refractivity contribution is 5.80. The highest BCUT2D eigenvalue weighted by Crippen LogP contribution is 2.09. The lowest BCUT2D eigenvalue weighted by Crippen LogP contribution is -2.51. The summed E-state index contributed by atoms with van der Waals surface area (Å²) in [6.07, 6.45) is 0.122. The van der Waals surface area contributed by atoms with Crippen molar-refractivity contribution < 1.29 is 19.5 Å². The Morgan fingerprint density at radius 2 is 2.11 bits per heavy atom. The van der Waals surface area contributed by atoms with E-state index >= 15 is 0 Å². The number of hydrogen-bond acceptors (Lipinski definition) is 3. The summed E-state index contributed by atoms with van der Waals surface area (Å²) in [6, 6.07) is -0.335. The van der Waals surface area contributed by atoms with Gasteiger partial charge in [0.1, 0.15) is 0 Å². The minimum atomic E-state index is -0.965. The second kappa shape index (κ2) is 5.70. The first-order valence-corrected chi connectivity index (χ1v) is 5.86. The van der Waals surface area contributed by atoms with Crippen LogP contribution in [0.4, 0.5) is 4.79 Å². The summed E-state index contributed by atoms with van der Waals surface area (Å²) in [7, 11) is 0. The van der Waals surface area contributed by atoms with Gasteiger partial charge in [-0.25, -0.2) is 4.79 Å². The fourth-order valence-corrected chi connectivity index (χ4v) is 1.76. The van der Waals surface area contributed by atoms with Gasteiger partial charge in [0, 0.05) is 31.6 Å². The van der Waals surface area contributed by atoms with E-state index in [-0.39, 0.29) is 24.8 Å². The highest BCUT2D eigenvalue weighted by atomic mass is 16.4. The van der Waals surface area contributed by atoms with Crippen LogP contribution in [-0.4, -0.2) is 53.1 Å². The summed E-state index contributed by atoms with van der Waals surface area (Å²) in [5.41, 5.74) is -0.813. The van der Waals surface area contributed by atoms with Crippen LogP contribution < -0.4 is 10.6 Å². The molecule has 1 heterocycles. The lowest BCUT2D eigenvalue weighted by Gasteiger charge is -2.29. The van der Waals surface area contributed by atoms with Crippen molar-refractivity contribution in [1.82, 2.24) is 15.5 Å². The Bertz CT molecular complexity index is 354. The molecule has 3 N–H and O–H groups in total. The SMILES string of the molecule is CC(C)(CC(=O)O)NC(=O)N1CCNC(=O)CC1. The molecule has 0 saturated carbocycles. The van der Waals surface area contributed by atoms with Crippen LogP contribution in [0.25, 0.3) is 0 Å². The number of urea groups is 1. The molecule has 1 saturated heterocycles. The van der Waals surface area contributed by atoms with E-state index in [0.717, 1.165) is 0 Å². The van der Waals surface area contributed by atoms with Crippen molar-refractivity contribution in [2.24, 2.45) is 0 Å². The van der Waals surface area contributed by atoms with Crippen LogP contribution in [-0.2, 0) is 9.59 Å². The Hall–Kier alpha value is -1.79. The van der Waals surface area contributed by atoms with Gasteiger partial charge in [0.25, 0.3) is 0 Å².